The van der Waals surface area contributed by atoms with Crippen LogP contribution in [0.25, 0.3) is 0 Å². The molecule has 4 nitrogen and oxygen atoms in total. The fraction of sp³-hybridized carbons (Fsp3) is 0.316. The molecule has 0 saturated heterocycles. The van der Waals surface area contributed by atoms with Gasteiger partial charge in [-0.15, -0.1) is 0 Å². The third-order valence-electron chi connectivity index (χ3n) is 3.84. The number of nitrogens with zero attached hydrogens (tertiary/aromatic N) is 1. The molecule has 0 aliphatic rings. The Balaban J connectivity index is 2.16. The van der Waals surface area contributed by atoms with Crippen LogP contribution >= 0.6 is 23.8 Å². The number of thiocarbonyl (C=S) groups is 1. The lowest BCUT2D eigenvalue weighted by molar-refractivity contribution is -0.858. The van der Waals surface area contributed by atoms with Crippen molar-refractivity contribution in [2.75, 3.05) is 32.1 Å². The SMILES string of the molecule is C[NH+](C)CCCNC(=S)N(Cc1ccccc1O)c1ccccc1Cl. The number of phenolic OH excluding ortho intramolecular Hbond substituents is 1. The summed E-state index contributed by atoms with van der Waals surface area (Å²) in [6.07, 6.45) is 1.02. The molecule has 0 aliphatic heterocycles. The maximum atomic E-state index is 10.1. The normalized spacial score (nSPS) is 10.7. The highest BCUT2D eigenvalue weighted by molar-refractivity contribution is 7.80. The van der Waals surface area contributed by atoms with Crippen LogP contribution in [-0.4, -0.2) is 37.4 Å². The zero-order valence-electron chi connectivity index (χ0n) is 14.6. The summed E-state index contributed by atoms with van der Waals surface area (Å²) < 4.78 is 0. The molecule has 3 N–H and O–H groups in total. The number of anilines is 1. The highest BCUT2D eigenvalue weighted by Crippen LogP contribution is 2.28. The maximum absolute atomic E-state index is 10.1. The summed E-state index contributed by atoms with van der Waals surface area (Å²) in [5, 5.41) is 14.6. The van der Waals surface area contributed by atoms with Gasteiger partial charge >= 0.3 is 0 Å². The predicted octanol–water partition coefficient (Wildman–Crippen LogP) is 2.46. The molecule has 0 bridgehead atoms. The first-order valence-corrected chi connectivity index (χ1v) is 9.13. The van der Waals surface area contributed by atoms with E-state index in [1.165, 1.54) is 4.90 Å². The number of halogens is 1. The van der Waals surface area contributed by atoms with Crippen LogP contribution in [0.5, 0.6) is 5.75 Å². The molecule has 0 heterocycles. The highest BCUT2D eigenvalue weighted by Gasteiger charge is 2.17. The zero-order chi connectivity index (χ0) is 18.2. The number of hydrogen-bond donors (Lipinski definition) is 3. The second-order valence-electron chi connectivity index (χ2n) is 6.21. The quantitative estimate of drug-likeness (QED) is 0.511. The van der Waals surface area contributed by atoms with Crippen LogP contribution in [0.1, 0.15) is 12.0 Å². The Bertz CT molecular complexity index is 709. The van der Waals surface area contributed by atoms with Crippen molar-refractivity contribution in [1.29, 1.82) is 0 Å². The Hall–Kier alpha value is -1.82. The number of rotatable bonds is 7. The summed E-state index contributed by atoms with van der Waals surface area (Å²) in [7, 11) is 4.26. The molecule has 0 atom stereocenters. The molecule has 0 spiro atoms. The van der Waals surface area contributed by atoms with Crippen LogP contribution in [-0.2, 0) is 6.54 Å². The van der Waals surface area contributed by atoms with E-state index in [2.05, 4.69) is 19.4 Å². The molecular formula is C19H25ClN3OS+. The van der Waals surface area contributed by atoms with E-state index in [4.69, 9.17) is 23.8 Å². The number of phenols is 1. The molecule has 0 amide bonds. The van der Waals surface area contributed by atoms with Crippen molar-refractivity contribution in [3.05, 3.63) is 59.1 Å². The van der Waals surface area contributed by atoms with Crippen LogP contribution in [0.2, 0.25) is 5.02 Å². The lowest BCUT2D eigenvalue weighted by atomic mass is 10.2. The van der Waals surface area contributed by atoms with Crippen LogP contribution < -0.4 is 15.1 Å². The largest absolute Gasteiger partial charge is 0.508 e. The number of aromatic hydroxyl groups is 1. The van der Waals surface area contributed by atoms with E-state index in [1.807, 2.05) is 41.3 Å². The predicted molar refractivity (Wildman–Crippen MR) is 109 cm³/mol. The average molecular weight is 379 g/mol. The third kappa shape index (κ3) is 5.88. The van der Waals surface area contributed by atoms with E-state index in [9.17, 15) is 5.11 Å². The number of para-hydroxylation sites is 2. The van der Waals surface area contributed by atoms with Gasteiger partial charge in [0.05, 0.1) is 37.9 Å². The van der Waals surface area contributed by atoms with E-state index < -0.39 is 0 Å². The minimum Gasteiger partial charge on any atom is -0.508 e. The summed E-state index contributed by atoms with van der Waals surface area (Å²) in [4.78, 5) is 3.33. The molecule has 0 radical (unpaired) electrons. The van der Waals surface area contributed by atoms with Gasteiger partial charge in [0.25, 0.3) is 0 Å². The molecule has 134 valence electrons. The van der Waals surface area contributed by atoms with E-state index in [-0.39, 0.29) is 5.75 Å². The van der Waals surface area contributed by atoms with Crippen LogP contribution in [0.4, 0.5) is 5.69 Å². The van der Waals surface area contributed by atoms with Gasteiger partial charge in [-0.25, -0.2) is 0 Å². The minimum absolute atomic E-state index is 0.249. The molecule has 2 aromatic rings. The Morgan fingerprint density at radius 3 is 2.52 bits per heavy atom. The fourth-order valence-corrected chi connectivity index (χ4v) is 2.99. The monoisotopic (exact) mass is 378 g/mol. The van der Waals surface area contributed by atoms with E-state index in [0.717, 1.165) is 30.8 Å². The van der Waals surface area contributed by atoms with Crippen molar-refractivity contribution in [2.24, 2.45) is 0 Å². The molecule has 0 aromatic heterocycles. The van der Waals surface area contributed by atoms with Crippen molar-refractivity contribution in [3.63, 3.8) is 0 Å². The van der Waals surface area contributed by atoms with Gasteiger partial charge in [-0.3, -0.25) is 0 Å². The average Bonchev–Trinajstić information content (AvgIpc) is 2.58. The third-order valence-corrected chi connectivity index (χ3v) is 4.52. The molecule has 0 fully saturated rings. The van der Waals surface area contributed by atoms with Crippen LogP contribution in [0.3, 0.4) is 0 Å². The number of nitrogens with one attached hydrogen (secondary N) is 2. The topological polar surface area (TPSA) is 39.9 Å². The van der Waals surface area contributed by atoms with Crippen molar-refractivity contribution in [1.82, 2.24) is 5.32 Å². The summed E-state index contributed by atoms with van der Waals surface area (Å²) in [6, 6.07) is 14.9. The molecule has 0 aliphatic carbocycles. The Morgan fingerprint density at radius 2 is 1.84 bits per heavy atom. The maximum Gasteiger partial charge on any atom is 0.173 e. The highest BCUT2D eigenvalue weighted by atomic mass is 35.5. The van der Waals surface area contributed by atoms with E-state index >= 15 is 0 Å². The first-order chi connectivity index (χ1) is 12.0. The van der Waals surface area contributed by atoms with Gasteiger partial charge in [-0.05, 0) is 30.4 Å². The lowest BCUT2D eigenvalue weighted by Gasteiger charge is -2.27. The molecular weight excluding hydrogens is 354 g/mol. The second kappa shape index (κ2) is 9.61. The van der Waals surface area contributed by atoms with Crippen molar-refractivity contribution in [3.8, 4) is 5.75 Å². The van der Waals surface area contributed by atoms with Gasteiger partial charge in [0.1, 0.15) is 5.75 Å². The van der Waals surface area contributed by atoms with Gasteiger partial charge in [0, 0.05) is 18.5 Å². The Labute approximate surface area is 160 Å². The minimum atomic E-state index is 0.249. The van der Waals surface area contributed by atoms with Gasteiger partial charge in [-0.2, -0.15) is 0 Å². The van der Waals surface area contributed by atoms with Gasteiger partial charge < -0.3 is 20.2 Å². The van der Waals surface area contributed by atoms with Crippen LogP contribution in [0, 0.1) is 0 Å². The fourth-order valence-electron chi connectivity index (χ4n) is 2.48. The smallest absolute Gasteiger partial charge is 0.173 e. The summed E-state index contributed by atoms with van der Waals surface area (Å²) in [6.45, 7) is 2.31. The second-order valence-corrected chi connectivity index (χ2v) is 7.00. The van der Waals surface area contributed by atoms with Gasteiger partial charge in [-0.1, -0.05) is 41.9 Å². The lowest BCUT2D eigenvalue weighted by Crippen LogP contribution is -3.05. The van der Waals surface area contributed by atoms with Crippen LogP contribution in [0.15, 0.2) is 48.5 Å². The molecule has 2 rings (SSSR count). The van der Waals surface area contributed by atoms with E-state index in [1.54, 1.807) is 12.1 Å². The van der Waals surface area contributed by atoms with Crippen molar-refractivity contribution >= 4 is 34.6 Å². The number of quaternary nitrogens is 1. The van der Waals surface area contributed by atoms with Gasteiger partial charge in [0.2, 0.25) is 0 Å². The first kappa shape index (κ1) is 19.5. The van der Waals surface area contributed by atoms with Gasteiger partial charge in [0.15, 0.2) is 5.11 Å². The van der Waals surface area contributed by atoms with E-state index in [0.29, 0.717) is 16.7 Å². The summed E-state index contributed by atoms with van der Waals surface area (Å²) >= 11 is 12.0. The van der Waals surface area contributed by atoms with Crippen molar-refractivity contribution < 1.29 is 10.0 Å². The first-order valence-electron chi connectivity index (χ1n) is 8.35. The molecule has 2 aromatic carbocycles. The zero-order valence-corrected chi connectivity index (χ0v) is 16.2. The number of benzene rings is 2. The summed E-state index contributed by atoms with van der Waals surface area (Å²) in [5.41, 5.74) is 1.62. The molecule has 0 unspecified atom stereocenters. The number of hydrogen-bond acceptors (Lipinski definition) is 2. The van der Waals surface area contributed by atoms with Crippen molar-refractivity contribution in [2.45, 2.75) is 13.0 Å². The standard InChI is InChI=1S/C19H24ClN3OS/c1-22(2)13-7-12-21-19(25)23(17-10-5-4-9-16(17)20)14-15-8-3-6-11-18(15)24/h3-6,8-11,24H,7,12-14H2,1-2H3,(H,21,25)/p+1. The Morgan fingerprint density at radius 1 is 1.16 bits per heavy atom. The molecule has 25 heavy (non-hydrogen) atoms. The molecule has 6 heteroatoms. The Kier molecular flexibility index (Phi) is 7.50. The molecule has 0 saturated carbocycles. The summed E-state index contributed by atoms with van der Waals surface area (Å²) in [5.74, 6) is 0.249.